The number of benzene rings is 2. The van der Waals surface area contributed by atoms with E-state index in [1.54, 1.807) is 0 Å². The Hall–Kier alpha value is -2.71. The highest BCUT2D eigenvalue weighted by Gasteiger charge is 2.33. The molecule has 0 unspecified atom stereocenters. The van der Waals surface area contributed by atoms with Gasteiger partial charge in [-0.25, -0.2) is 13.2 Å². The van der Waals surface area contributed by atoms with Gasteiger partial charge in [-0.2, -0.15) is 4.31 Å². The number of nitrogens with zero attached hydrogens (tertiary/aromatic N) is 1. The predicted octanol–water partition coefficient (Wildman–Crippen LogP) is 1.39. The Morgan fingerprint density at radius 2 is 1.77 bits per heavy atom. The van der Waals surface area contributed by atoms with Crippen molar-refractivity contribution in [3.05, 3.63) is 74.9 Å². The highest BCUT2D eigenvalue weighted by atomic mass is 32.2. The molecule has 1 aliphatic heterocycles. The number of hydrogen-bond donors (Lipinski definition) is 2. The fourth-order valence-corrected chi connectivity index (χ4v) is 4.92. The van der Waals surface area contributed by atoms with E-state index in [1.165, 1.54) is 22.5 Å². The number of nitrogens with one attached hydrogen (secondary N) is 2. The van der Waals surface area contributed by atoms with E-state index in [2.05, 4.69) is 9.97 Å². The maximum Gasteiger partial charge on any atom is 0.326 e. The van der Waals surface area contributed by atoms with Crippen LogP contribution in [0.4, 0.5) is 0 Å². The average molecular weight is 371 g/mol. The first-order chi connectivity index (χ1) is 12.4. The van der Waals surface area contributed by atoms with Crippen LogP contribution < -0.4 is 11.2 Å². The molecule has 134 valence electrons. The summed E-state index contributed by atoms with van der Waals surface area (Å²) < 4.78 is 27.4. The molecule has 7 nitrogen and oxygen atoms in total. The Bertz CT molecular complexity index is 1180. The van der Waals surface area contributed by atoms with Gasteiger partial charge in [-0.15, -0.1) is 0 Å². The fraction of sp³-hybridized carbons (Fsp3) is 0.222. The molecular formula is C18H17N3O4S. The number of hydrogen-bond acceptors (Lipinski definition) is 4. The molecule has 1 aromatic heterocycles. The summed E-state index contributed by atoms with van der Waals surface area (Å²) in [5.74, 6) is 0.159. The van der Waals surface area contributed by atoms with E-state index >= 15 is 0 Å². The van der Waals surface area contributed by atoms with E-state index in [0.29, 0.717) is 18.6 Å². The van der Waals surface area contributed by atoms with Crippen molar-refractivity contribution in [3.8, 4) is 0 Å². The minimum absolute atomic E-state index is 0.0521. The lowest BCUT2D eigenvalue weighted by atomic mass is 9.99. The minimum atomic E-state index is -3.71. The topological polar surface area (TPSA) is 103 Å². The summed E-state index contributed by atoms with van der Waals surface area (Å²) in [5, 5.41) is 0.143. The molecule has 0 aliphatic carbocycles. The van der Waals surface area contributed by atoms with Crippen molar-refractivity contribution >= 4 is 20.9 Å². The molecule has 1 atom stereocenters. The molecule has 3 aromatic rings. The van der Waals surface area contributed by atoms with Crippen LogP contribution in [-0.2, 0) is 10.0 Å². The molecule has 0 spiro atoms. The van der Waals surface area contributed by atoms with Crippen molar-refractivity contribution in [3.63, 3.8) is 0 Å². The zero-order valence-corrected chi connectivity index (χ0v) is 14.6. The number of rotatable bonds is 3. The standard InChI is InChI=1S/C18H17N3O4S/c22-17-15-10-14(6-7-16(15)19-18(23)20-17)26(24,25)21-9-8-13(11-21)12-4-2-1-3-5-12/h1-7,10,13H,8-9,11H2,(H2,19,20,22,23)/t13-/m1/s1. The third kappa shape index (κ3) is 2.87. The zero-order chi connectivity index (χ0) is 18.3. The molecule has 0 saturated carbocycles. The smallest absolute Gasteiger partial charge is 0.307 e. The largest absolute Gasteiger partial charge is 0.326 e. The van der Waals surface area contributed by atoms with Gasteiger partial charge in [0.25, 0.3) is 5.56 Å². The van der Waals surface area contributed by atoms with Crippen molar-refractivity contribution in [1.29, 1.82) is 0 Å². The highest BCUT2D eigenvalue weighted by Crippen LogP contribution is 2.31. The molecular weight excluding hydrogens is 354 g/mol. The van der Waals surface area contributed by atoms with Crippen LogP contribution in [0.2, 0.25) is 0 Å². The van der Waals surface area contributed by atoms with E-state index < -0.39 is 21.3 Å². The van der Waals surface area contributed by atoms with Crippen molar-refractivity contribution in [2.75, 3.05) is 13.1 Å². The van der Waals surface area contributed by atoms with Crippen LogP contribution in [0, 0.1) is 0 Å². The first-order valence-corrected chi connectivity index (χ1v) is 9.70. The zero-order valence-electron chi connectivity index (χ0n) is 13.8. The van der Waals surface area contributed by atoms with E-state index in [4.69, 9.17) is 0 Å². The summed E-state index contributed by atoms with van der Waals surface area (Å²) in [6.07, 6.45) is 0.755. The van der Waals surface area contributed by atoms with Crippen molar-refractivity contribution in [1.82, 2.24) is 14.3 Å². The van der Waals surface area contributed by atoms with Crippen LogP contribution in [0.1, 0.15) is 17.9 Å². The molecule has 1 aliphatic rings. The fourth-order valence-electron chi connectivity index (χ4n) is 3.40. The first kappa shape index (κ1) is 16.7. The van der Waals surface area contributed by atoms with Crippen LogP contribution in [0.3, 0.4) is 0 Å². The van der Waals surface area contributed by atoms with E-state index in [9.17, 15) is 18.0 Å². The molecule has 2 heterocycles. The van der Waals surface area contributed by atoms with Crippen LogP contribution in [0.25, 0.3) is 10.9 Å². The molecule has 1 saturated heterocycles. The van der Waals surface area contributed by atoms with E-state index in [-0.39, 0.29) is 16.2 Å². The number of fused-ring (bicyclic) bond motifs is 1. The number of sulfonamides is 1. The lowest BCUT2D eigenvalue weighted by molar-refractivity contribution is 0.473. The maximum atomic E-state index is 13.0. The second-order valence-electron chi connectivity index (χ2n) is 6.37. The summed E-state index contributed by atoms with van der Waals surface area (Å²) in [6.45, 7) is 0.842. The summed E-state index contributed by atoms with van der Waals surface area (Å²) in [7, 11) is -3.71. The Kier molecular flexibility index (Phi) is 4.01. The molecule has 0 amide bonds. The van der Waals surface area contributed by atoms with Gasteiger partial charge in [0, 0.05) is 13.1 Å². The van der Waals surface area contributed by atoms with E-state index in [0.717, 1.165) is 12.0 Å². The van der Waals surface area contributed by atoms with Crippen molar-refractivity contribution in [2.24, 2.45) is 0 Å². The summed E-state index contributed by atoms with van der Waals surface area (Å²) in [4.78, 5) is 27.9. The average Bonchev–Trinajstić information content (AvgIpc) is 3.13. The SMILES string of the molecule is O=c1[nH]c(=O)c2cc(S(=O)(=O)N3CC[C@@H](c4ccccc4)C3)ccc2[nH]1. The highest BCUT2D eigenvalue weighted by molar-refractivity contribution is 7.89. The summed E-state index contributed by atoms with van der Waals surface area (Å²) in [6, 6.07) is 14.0. The maximum absolute atomic E-state index is 13.0. The molecule has 2 N–H and O–H groups in total. The Labute approximate surface area is 149 Å². The van der Waals surface area contributed by atoms with Gasteiger partial charge in [0.05, 0.1) is 15.8 Å². The van der Waals surface area contributed by atoms with Gasteiger partial charge < -0.3 is 4.98 Å². The van der Waals surface area contributed by atoms with Crippen LogP contribution >= 0.6 is 0 Å². The Balaban J connectivity index is 1.68. The molecule has 1 fully saturated rings. The van der Waals surface area contributed by atoms with Crippen LogP contribution in [0.5, 0.6) is 0 Å². The van der Waals surface area contributed by atoms with Gasteiger partial charge in [-0.3, -0.25) is 9.78 Å². The van der Waals surface area contributed by atoms with Gasteiger partial charge >= 0.3 is 5.69 Å². The van der Waals surface area contributed by atoms with Crippen LogP contribution in [-0.4, -0.2) is 35.8 Å². The minimum Gasteiger partial charge on any atom is -0.307 e. The van der Waals surface area contributed by atoms with Crippen molar-refractivity contribution < 1.29 is 8.42 Å². The third-order valence-corrected chi connectivity index (χ3v) is 6.63. The molecule has 0 radical (unpaired) electrons. The first-order valence-electron chi connectivity index (χ1n) is 8.26. The Morgan fingerprint density at radius 3 is 2.54 bits per heavy atom. The molecule has 4 rings (SSSR count). The molecule has 26 heavy (non-hydrogen) atoms. The lowest BCUT2D eigenvalue weighted by Gasteiger charge is -2.17. The molecule has 2 aromatic carbocycles. The predicted molar refractivity (Wildman–Crippen MR) is 97.7 cm³/mol. The van der Waals surface area contributed by atoms with Gasteiger partial charge in [-0.05, 0) is 36.1 Å². The van der Waals surface area contributed by atoms with Gasteiger partial charge in [0.1, 0.15) is 0 Å². The van der Waals surface area contributed by atoms with Crippen molar-refractivity contribution in [2.45, 2.75) is 17.2 Å². The third-order valence-electron chi connectivity index (χ3n) is 4.77. The normalized spacial score (nSPS) is 18.4. The lowest BCUT2D eigenvalue weighted by Crippen LogP contribution is -2.29. The second kappa shape index (κ2) is 6.22. The summed E-state index contributed by atoms with van der Waals surface area (Å²) >= 11 is 0. The molecule has 8 heteroatoms. The molecule has 0 bridgehead atoms. The number of aromatic amines is 2. The van der Waals surface area contributed by atoms with Gasteiger partial charge in [-0.1, -0.05) is 30.3 Å². The number of H-pyrrole nitrogens is 2. The van der Waals surface area contributed by atoms with Crippen LogP contribution in [0.15, 0.2) is 63.0 Å². The van der Waals surface area contributed by atoms with Gasteiger partial charge in [0.15, 0.2) is 0 Å². The monoisotopic (exact) mass is 371 g/mol. The quantitative estimate of drug-likeness (QED) is 0.726. The summed E-state index contributed by atoms with van der Waals surface area (Å²) in [5.41, 5.74) is 0.201. The van der Waals surface area contributed by atoms with Gasteiger partial charge in [0.2, 0.25) is 10.0 Å². The second-order valence-corrected chi connectivity index (χ2v) is 8.31. The Morgan fingerprint density at radius 1 is 1.00 bits per heavy atom. The van der Waals surface area contributed by atoms with E-state index in [1.807, 2.05) is 30.3 Å². The number of aromatic nitrogens is 2.